The molecule has 1 saturated heterocycles. The van der Waals surface area contributed by atoms with Crippen LogP contribution in [0.25, 0.3) is 0 Å². The van der Waals surface area contributed by atoms with E-state index < -0.39 is 8.25 Å². The van der Waals surface area contributed by atoms with Gasteiger partial charge in [0, 0.05) is 17.7 Å². The second-order valence-corrected chi connectivity index (χ2v) is 3.14. The topological polar surface area (TPSA) is 87.6 Å². The standard InChI is InChI=1S/C4H8O3P.C2H8N2.Mg.2H/c5-8-6-3-1-2-4-7-8;3-1-2-4;;;/h1-4H2;1-4H2;;;/q+1;;+2;2*-1. The number of nitrogens with two attached hydrogens (primary N) is 2. The third-order valence-corrected chi connectivity index (χ3v) is 1.89. The van der Waals surface area contributed by atoms with Crippen LogP contribution in [0.3, 0.4) is 0 Å². The molecule has 76 valence electrons. The zero-order valence-electron chi connectivity index (χ0n) is 9.78. The fraction of sp³-hybridized carbons (Fsp3) is 1.00. The van der Waals surface area contributed by atoms with Crippen molar-refractivity contribution in [3.05, 3.63) is 0 Å². The van der Waals surface area contributed by atoms with Crippen molar-refractivity contribution in [2.45, 2.75) is 12.8 Å². The summed E-state index contributed by atoms with van der Waals surface area (Å²) in [6, 6.07) is 0. The van der Waals surface area contributed by atoms with Crippen LogP contribution in [-0.2, 0) is 13.6 Å². The van der Waals surface area contributed by atoms with E-state index in [1.165, 1.54) is 0 Å². The third-order valence-electron chi connectivity index (χ3n) is 1.10. The Morgan fingerprint density at radius 2 is 1.54 bits per heavy atom. The molecule has 1 aliphatic heterocycles. The van der Waals surface area contributed by atoms with Crippen LogP contribution in [-0.4, -0.2) is 49.4 Å². The molecular formula is C6H18MgN2O3P+. The molecule has 1 aliphatic rings. The maximum atomic E-state index is 10.4. The van der Waals surface area contributed by atoms with Gasteiger partial charge in [-0.1, -0.05) is 0 Å². The molecule has 7 heteroatoms. The van der Waals surface area contributed by atoms with Crippen molar-refractivity contribution in [2.24, 2.45) is 11.5 Å². The van der Waals surface area contributed by atoms with Crippen LogP contribution >= 0.6 is 8.25 Å². The summed E-state index contributed by atoms with van der Waals surface area (Å²) < 4.78 is 19.8. The van der Waals surface area contributed by atoms with E-state index in [1.807, 2.05) is 0 Å². The maximum Gasteiger partial charge on any atom is 2.00 e. The van der Waals surface area contributed by atoms with E-state index in [0.717, 1.165) is 12.8 Å². The molecule has 0 aliphatic carbocycles. The molecular weight excluding hydrogens is 203 g/mol. The molecule has 0 bridgehead atoms. The predicted octanol–water partition coefficient (Wildman–Crippen LogP) is 0.219. The van der Waals surface area contributed by atoms with Gasteiger partial charge in [-0.15, -0.1) is 9.05 Å². The zero-order chi connectivity index (χ0) is 9.23. The summed E-state index contributed by atoms with van der Waals surface area (Å²) in [6.07, 6.45) is 1.92. The second kappa shape index (κ2) is 12.7. The second-order valence-electron chi connectivity index (χ2n) is 2.17. The van der Waals surface area contributed by atoms with Crippen LogP contribution in [0.1, 0.15) is 15.7 Å². The van der Waals surface area contributed by atoms with E-state index in [1.54, 1.807) is 0 Å². The van der Waals surface area contributed by atoms with Crippen molar-refractivity contribution in [1.29, 1.82) is 0 Å². The molecule has 0 aromatic carbocycles. The van der Waals surface area contributed by atoms with Crippen LogP contribution < -0.4 is 11.5 Å². The van der Waals surface area contributed by atoms with Crippen molar-refractivity contribution in [3.63, 3.8) is 0 Å². The van der Waals surface area contributed by atoms with Gasteiger partial charge in [0.25, 0.3) is 0 Å². The van der Waals surface area contributed by atoms with Crippen LogP contribution in [0.5, 0.6) is 0 Å². The van der Waals surface area contributed by atoms with E-state index in [2.05, 4.69) is 9.05 Å². The van der Waals surface area contributed by atoms with Gasteiger partial charge in [0.05, 0.1) is 0 Å². The molecule has 0 atom stereocenters. The van der Waals surface area contributed by atoms with Crippen LogP contribution in [0.2, 0.25) is 0 Å². The van der Waals surface area contributed by atoms with Crippen molar-refractivity contribution < 1.29 is 16.5 Å². The Bertz CT molecular complexity index is 125. The molecule has 5 nitrogen and oxygen atoms in total. The SMILES string of the molecule is NCCN.O=[P+]1OCCCCO1.[H-].[H-].[Mg+2]. The minimum absolute atomic E-state index is 0. The zero-order valence-corrected chi connectivity index (χ0v) is 10.1. The normalized spacial score (nSPS) is 16.3. The molecule has 0 saturated carbocycles. The number of rotatable bonds is 1. The fourth-order valence-electron chi connectivity index (χ4n) is 0.520. The molecule has 0 aromatic heterocycles. The van der Waals surface area contributed by atoms with Crippen LogP contribution in [0, 0.1) is 0 Å². The molecule has 0 amide bonds. The van der Waals surface area contributed by atoms with Crippen molar-refractivity contribution in [1.82, 2.24) is 0 Å². The molecule has 0 aromatic rings. The average molecular weight is 221 g/mol. The van der Waals surface area contributed by atoms with E-state index in [-0.39, 0.29) is 25.9 Å². The van der Waals surface area contributed by atoms with Crippen molar-refractivity contribution >= 4 is 31.3 Å². The van der Waals surface area contributed by atoms with Crippen LogP contribution in [0.15, 0.2) is 0 Å². The first kappa shape index (κ1) is 16.1. The van der Waals surface area contributed by atoms with Gasteiger partial charge >= 0.3 is 31.3 Å². The fourth-order valence-corrected chi connectivity index (χ4v) is 1.15. The Labute approximate surface area is 98.6 Å². The summed E-state index contributed by atoms with van der Waals surface area (Å²) in [4.78, 5) is 0. The molecule has 1 rings (SSSR count). The summed E-state index contributed by atoms with van der Waals surface area (Å²) in [7, 11) is -1.77. The van der Waals surface area contributed by atoms with E-state index >= 15 is 0 Å². The summed E-state index contributed by atoms with van der Waals surface area (Å²) in [5.41, 5.74) is 9.81. The number of hydrogen-bond acceptors (Lipinski definition) is 5. The summed E-state index contributed by atoms with van der Waals surface area (Å²) in [5.74, 6) is 0. The van der Waals surface area contributed by atoms with E-state index in [0.29, 0.717) is 26.3 Å². The predicted molar refractivity (Wildman–Crippen MR) is 54.8 cm³/mol. The molecule has 1 heterocycles. The molecule has 4 N–H and O–H groups in total. The van der Waals surface area contributed by atoms with Gasteiger partial charge in [-0.3, -0.25) is 0 Å². The monoisotopic (exact) mass is 221 g/mol. The first-order chi connectivity index (χ1) is 5.81. The number of hydrogen-bond donors (Lipinski definition) is 2. The molecule has 0 spiro atoms. The largest absolute Gasteiger partial charge is 2.00 e. The van der Waals surface area contributed by atoms with Gasteiger partial charge in [0.15, 0.2) is 0 Å². The Morgan fingerprint density at radius 1 is 1.15 bits per heavy atom. The van der Waals surface area contributed by atoms with Gasteiger partial charge in [-0.2, -0.15) is 0 Å². The van der Waals surface area contributed by atoms with Crippen molar-refractivity contribution in [2.75, 3.05) is 26.3 Å². The minimum atomic E-state index is -1.77. The van der Waals surface area contributed by atoms with Gasteiger partial charge < -0.3 is 14.3 Å². The molecule has 13 heavy (non-hydrogen) atoms. The smallest absolute Gasteiger partial charge is 1.00 e. The molecule has 1 fully saturated rings. The van der Waals surface area contributed by atoms with Gasteiger partial charge in [0.2, 0.25) is 0 Å². The maximum absolute atomic E-state index is 10.4. The third kappa shape index (κ3) is 12.7. The Morgan fingerprint density at radius 3 is 1.85 bits per heavy atom. The van der Waals surface area contributed by atoms with Gasteiger partial charge in [0.1, 0.15) is 13.2 Å². The Balaban J connectivity index is -0.0000000779. The minimum Gasteiger partial charge on any atom is -1.00 e. The average Bonchev–Trinajstić information content (AvgIpc) is 2.33. The van der Waals surface area contributed by atoms with Gasteiger partial charge in [-0.25, -0.2) is 0 Å². The summed E-state index contributed by atoms with van der Waals surface area (Å²) in [6.45, 7) is 2.35. The first-order valence-corrected chi connectivity index (χ1v) is 5.04. The summed E-state index contributed by atoms with van der Waals surface area (Å²) in [5, 5.41) is 0. The molecule has 0 unspecified atom stereocenters. The van der Waals surface area contributed by atoms with Crippen LogP contribution in [0.4, 0.5) is 0 Å². The Hall–Kier alpha value is 0.706. The van der Waals surface area contributed by atoms with E-state index in [4.69, 9.17) is 11.5 Å². The van der Waals surface area contributed by atoms with Crippen molar-refractivity contribution in [3.8, 4) is 0 Å². The first-order valence-electron chi connectivity index (χ1n) is 3.94. The molecule has 0 radical (unpaired) electrons. The summed E-state index contributed by atoms with van der Waals surface area (Å²) >= 11 is 0. The van der Waals surface area contributed by atoms with Gasteiger partial charge in [-0.05, 0) is 12.8 Å². The Kier molecular flexibility index (Phi) is 15.8. The quantitative estimate of drug-likeness (QED) is 0.488. The van der Waals surface area contributed by atoms with E-state index in [9.17, 15) is 4.57 Å².